The van der Waals surface area contributed by atoms with E-state index in [9.17, 15) is 0 Å². The molecule has 0 unspecified atom stereocenters. The van der Waals surface area contributed by atoms with Crippen molar-refractivity contribution in [3.05, 3.63) is 27.7 Å². The van der Waals surface area contributed by atoms with Crippen molar-refractivity contribution in [1.29, 1.82) is 0 Å². The van der Waals surface area contributed by atoms with E-state index in [0.717, 1.165) is 0 Å². The van der Waals surface area contributed by atoms with Gasteiger partial charge in [-0.15, -0.1) is 5.10 Å². The molecule has 0 aliphatic carbocycles. The Bertz CT molecular complexity index is 437. The Morgan fingerprint density at radius 1 is 1.25 bits per heavy atom. The van der Waals surface area contributed by atoms with Crippen molar-refractivity contribution in [2.24, 2.45) is 0 Å². The van der Waals surface area contributed by atoms with Crippen LogP contribution in [-0.2, 0) is 0 Å². The Balaban J connectivity index is 2.88. The van der Waals surface area contributed by atoms with Crippen LogP contribution < -0.4 is 0 Å². The molecular formula is C6H2Cl3N3. The molecule has 12 heavy (non-hydrogen) atoms. The topological polar surface area (TPSA) is 30.2 Å². The number of nitrogens with zero attached hydrogens (tertiary/aromatic N) is 3. The van der Waals surface area contributed by atoms with Crippen LogP contribution >= 0.6 is 34.8 Å². The first kappa shape index (κ1) is 8.10. The van der Waals surface area contributed by atoms with Crippen molar-refractivity contribution < 1.29 is 0 Å². The third-order valence-corrected chi connectivity index (χ3v) is 2.00. The largest absolute Gasteiger partial charge is 0.242 e. The van der Waals surface area contributed by atoms with Crippen LogP contribution in [0.2, 0.25) is 15.5 Å². The molecule has 0 N–H and O–H groups in total. The number of halogens is 3. The van der Waals surface area contributed by atoms with E-state index in [1.165, 1.54) is 4.52 Å². The molecule has 3 nitrogen and oxygen atoms in total. The summed E-state index contributed by atoms with van der Waals surface area (Å²) in [6.07, 6.45) is 1.61. The smallest absolute Gasteiger partial charge is 0.233 e. The molecule has 0 atom stereocenters. The quantitative estimate of drug-likeness (QED) is 0.686. The summed E-state index contributed by atoms with van der Waals surface area (Å²) in [4.78, 5) is 3.76. The highest BCUT2D eigenvalue weighted by atomic mass is 35.5. The Kier molecular flexibility index (Phi) is 1.87. The predicted molar refractivity (Wildman–Crippen MR) is 48.0 cm³/mol. The Morgan fingerprint density at radius 2 is 2.00 bits per heavy atom. The summed E-state index contributed by atoms with van der Waals surface area (Å²) in [5.74, 6) is 0. The summed E-state index contributed by atoms with van der Waals surface area (Å²) in [5, 5.41) is 4.80. The SMILES string of the molecule is Clc1cc2c(Cl)nc(Cl)nn2c1. The van der Waals surface area contributed by atoms with E-state index in [1.54, 1.807) is 12.3 Å². The molecule has 0 saturated carbocycles. The maximum absolute atomic E-state index is 5.76. The van der Waals surface area contributed by atoms with Crippen molar-refractivity contribution in [3.63, 3.8) is 0 Å². The number of hydrogen-bond donors (Lipinski definition) is 0. The molecule has 0 bridgehead atoms. The van der Waals surface area contributed by atoms with E-state index in [0.29, 0.717) is 15.7 Å². The van der Waals surface area contributed by atoms with Crippen LogP contribution in [0.4, 0.5) is 0 Å². The van der Waals surface area contributed by atoms with Gasteiger partial charge in [0.15, 0.2) is 5.15 Å². The standard InChI is InChI=1S/C6H2Cl3N3/c7-3-1-4-5(8)10-6(9)11-12(4)2-3/h1-2H. The first-order chi connectivity index (χ1) is 5.66. The monoisotopic (exact) mass is 221 g/mol. The van der Waals surface area contributed by atoms with E-state index >= 15 is 0 Å². The van der Waals surface area contributed by atoms with Gasteiger partial charge in [0.2, 0.25) is 5.28 Å². The summed E-state index contributed by atoms with van der Waals surface area (Å²) in [7, 11) is 0. The minimum absolute atomic E-state index is 0.0970. The fourth-order valence-corrected chi connectivity index (χ4v) is 1.53. The molecule has 0 aromatic carbocycles. The van der Waals surface area contributed by atoms with Gasteiger partial charge < -0.3 is 0 Å². The van der Waals surface area contributed by atoms with E-state index in [1.807, 2.05) is 0 Å². The molecule has 62 valence electrons. The Morgan fingerprint density at radius 3 is 2.75 bits per heavy atom. The summed E-state index contributed by atoms with van der Waals surface area (Å²) in [6.45, 7) is 0. The van der Waals surface area contributed by atoms with Gasteiger partial charge in [-0.25, -0.2) is 9.50 Å². The van der Waals surface area contributed by atoms with Crippen LogP contribution in [0.15, 0.2) is 12.3 Å². The molecule has 2 rings (SSSR count). The lowest BCUT2D eigenvalue weighted by Crippen LogP contribution is -1.93. The molecule has 2 aromatic heterocycles. The number of fused-ring (bicyclic) bond motifs is 1. The summed E-state index contributed by atoms with van der Waals surface area (Å²) >= 11 is 17.0. The molecule has 0 saturated heterocycles. The molecular weight excluding hydrogens is 220 g/mol. The summed E-state index contributed by atoms with van der Waals surface area (Å²) in [6, 6.07) is 1.67. The van der Waals surface area contributed by atoms with Gasteiger partial charge in [0, 0.05) is 6.20 Å². The van der Waals surface area contributed by atoms with Gasteiger partial charge in [-0.3, -0.25) is 0 Å². The second-order valence-electron chi connectivity index (χ2n) is 2.16. The summed E-state index contributed by atoms with van der Waals surface area (Å²) < 4.78 is 1.49. The van der Waals surface area contributed by atoms with E-state index in [4.69, 9.17) is 34.8 Å². The molecule has 0 radical (unpaired) electrons. The van der Waals surface area contributed by atoms with Crippen molar-refractivity contribution in [1.82, 2.24) is 14.6 Å². The lowest BCUT2D eigenvalue weighted by atomic mass is 10.5. The Hall–Kier alpha value is -0.510. The second kappa shape index (κ2) is 2.76. The first-order valence-electron chi connectivity index (χ1n) is 3.04. The van der Waals surface area contributed by atoms with Gasteiger partial charge in [-0.1, -0.05) is 23.2 Å². The van der Waals surface area contributed by atoms with Gasteiger partial charge >= 0.3 is 0 Å². The van der Waals surface area contributed by atoms with Gasteiger partial charge in [-0.05, 0) is 17.7 Å². The van der Waals surface area contributed by atoms with Gasteiger partial charge in [-0.2, -0.15) is 0 Å². The highest BCUT2D eigenvalue weighted by molar-refractivity contribution is 6.35. The van der Waals surface area contributed by atoms with Gasteiger partial charge in [0.25, 0.3) is 0 Å². The van der Waals surface area contributed by atoms with Gasteiger partial charge in [0.05, 0.1) is 5.02 Å². The third kappa shape index (κ3) is 1.24. The summed E-state index contributed by atoms with van der Waals surface area (Å²) in [5.41, 5.74) is 0.645. The highest BCUT2D eigenvalue weighted by Crippen LogP contribution is 2.20. The lowest BCUT2D eigenvalue weighted by molar-refractivity contribution is 0.904. The van der Waals surface area contributed by atoms with Gasteiger partial charge in [0.1, 0.15) is 5.52 Å². The van der Waals surface area contributed by atoms with Crippen LogP contribution in [0.5, 0.6) is 0 Å². The zero-order valence-electron chi connectivity index (χ0n) is 5.63. The average molecular weight is 222 g/mol. The average Bonchev–Trinajstić information content (AvgIpc) is 2.29. The zero-order chi connectivity index (χ0) is 8.72. The van der Waals surface area contributed by atoms with Crippen molar-refractivity contribution >= 4 is 40.3 Å². The minimum Gasteiger partial charge on any atom is -0.233 e. The second-order valence-corrected chi connectivity index (χ2v) is 3.29. The number of rotatable bonds is 0. The van der Waals surface area contributed by atoms with E-state index in [-0.39, 0.29) is 5.28 Å². The highest BCUT2D eigenvalue weighted by Gasteiger charge is 2.05. The van der Waals surface area contributed by atoms with E-state index in [2.05, 4.69) is 10.1 Å². The minimum atomic E-state index is 0.0970. The van der Waals surface area contributed by atoms with Crippen LogP contribution in [0, 0.1) is 0 Å². The first-order valence-corrected chi connectivity index (χ1v) is 4.17. The fraction of sp³-hybridized carbons (Fsp3) is 0. The number of hydrogen-bond acceptors (Lipinski definition) is 2. The predicted octanol–water partition coefficient (Wildman–Crippen LogP) is 2.69. The van der Waals surface area contributed by atoms with Crippen molar-refractivity contribution in [2.45, 2.75) is 0 Å². The molecule has 0 amide bonds. The molecule has 6 heteroatoms. The zero-order valence-corrected chi connectivity index (χ0v) is 7.90. The fourth-order valence-electron chi connectivity index (χ4n) is 0.907. The molecule has 0 aliphatic rings. The molecule has 2 aromatic rings. The molecule has 0 spiro atoms. The maximum atomic E-state index is 5.76. The maximum Gasteiger partial charge on any atom is 0.242 e. The normalized spacial score (nSPS) is 10.9. The number of aromatic nitrogens is 3. The van der Waals surface area contributed by atoms with Crippen molar-refractivity contribution in [3.8, 4) is 0 Å². The van der Waals surface area contributed by atoms with Crippen LogP contribution in [0.1, 0.15) is 0 Å². The lowest BCUT2D eigenvalue weighted by Gasteiger charge is -1.94. The van der Waals surface area contributed by atoms with E-state index < -0.39 is 0 Å². The molecule has 2 heterocycles. The molecule has 0 aliphatic heterocycles. The van der Waals surface area contributed by atoms with Crippen LogP contribution in [0.3, 0.4) is 0 Å². The van der Waals surface area contributed by atoms with Crippen molar-refractivity contribution in [2.75, 3.05) is 0 Å². The van der Waals surface area contributed by atoms with Crippen LogP contribution in [-0.4, -0.2) is 14.6 Å². The Labute approximate surface area is 82.9 Å². The van der Waals surface area contributed by atoms with Crippen LogP contribution in [0.25, 0.3) is 5.52 Å². The third-order valence-electron chi connectivity index (χ3n) is 1.36. The molecule has 0 fully saturated rings.